The Morgan fingerprint density at radius 1 is 1.40 bits per heavy atom. The minimum absolute atomic E-state index is 0.237. The molecule has 15 heavy (non-hydrogen) atoms. The predicted molar refractivity (Wildman–Crippen MR) is 55.9 cm³/mol. The summed E-state index contributed by atoms with van der Waals surface area (Å²) in [7, 11) is -3.53. The molecule has 0 radical (unpaired) electrons. The molecule has 78 valence electrons. The van der Waals surface area contributed by atoms with Crippen LogP contribution in [0.1, 0.15) is 5.69 Å². The van der Waals surface area contributed by atoms with Gasteiger partial charge in [0.25, 0.3) is 0 Å². The summed E-state index contributed by atoms with van der Waals surface area (Å²) < 4.78 is 27.1. The number of nitrogens with zero attached hydrogens (tertiary/aromatic N) is 3. The van der Waals surface area contributed by atoms with Gasteiger partial charge in [-0.3, -0.25) is 9.98 Å². The summed E-state index contributed by atoms with van der Waals surface area (Å²) in [5.41, 5.74) is 0.768. The van der Waals surface area contributed by atoms with E-state index in [1.165, 1.54) is 6.21 Å². The maximum absolute atomic E-state index is 10.8. The van der Waals surface area contributed by atoms with Gasteiger partial charge in [-0.2, -0.15) is 8.42 Å². The second-order valence-corrected chi connectivity index (χ2v) is 4.20. The lowest BCUT2D eigenvalue weighted by molar-refractivity contribution is 0.596. The first kappa shape index (κ1) is 9.78. The van der Waals surface area contributed by atoms with Gasteiger partial charge in [0.1, 0.15) is 0 Å². The Morgan fingerprint density at radius 2 is 2.27 bits per heavy atom. The molecule has 0 aromatic carbocycles. The Balaban J connectivity index is 2.06. The van der Waals surface area contributed by atoms with Crippen molar-refractivity contribution in [3.8, 4) is 0 Å². The number of aromatic nitrogens is 1. The summed E-state index contributed by atoms with van der Waals surface area (Å²) in [5, 5.41) is 0. The van der Waals surface area contributed by atoms with E-state index in [2.05, 4.69) is 19.1 Å². The van der Waals surface area contributed by atoms with Gasteiger partial charge in [0, 0.05) is 6.20 Å². The highest BCUT2D eigenvalue weighted by Gasteiger charge is 2.15. The van der Waals surface area contributed by atoms with E-state index in [0.717, 1.165) is 5.69 Å². The van der Waals surface area contributed by atoms with E-state index in [9.17, 15) is 8.42 Å². The van der Waals surface area contributed by atoms with Crippen LogP contribution in [0.5, 0.6) is 0 Å². The van der Waals surface area contributed by atoms with Gasteiger partial charge < -0.3 is 0 Å². The van der Waals surface area contributed by atoms with Gasteiger partial charge in [-0.25, -0.2) is 4.72 Å². The molecule has 1 aliphatic heterocycles. The fourth-order valence-electron chi connectivity index (χ4n) is 1.04. The Bertz CT molecular complexity index is 507. The van der Waals surface area contributed by atoms with Gasteiger partial charge in [0.15, 0.2) is 5.84 Å². The third kappa shape index (κ3) is 2.59. The number of pyridine rings is 1. The lowest BCUT2D eigenvalue weighted by Gasteiger charge is -1.96. The first-order valence-electron chi connectivity index (χ1n) is 4.18. The van der Waals surface area contributed by atoms with Crippen LogP contribution < -0.4 is 4.72 Å². The zero-order valence-electron chi connectivity index (χ0n) is 7.66. The van der Waals surface area contributed by atoms with E-state index in [0.29, 0.717) is 6.54 Å². The third-order valence-corrected chi connectivity index (χ3v) is 2.53. The van der Waals surface area contributed by atoms with E-state index in [1.54, 1.807) is 12.3 Å². The second-order valence-electron chi connectivity index (χ2n) is 2.83. The summed E-state index contributed by atoms with van der Waals surface area (Å²) in [5.74, 6) is 0.237. The van der Waals surface area contributed by atoms with Crippen molar-refractivity contribution >= 4 is 22.3 Å². The summed E-state index contributed by atoms with van der Waals surface area (Å²) in [6.45, 7) is 0.324. The minimum atomic E-state index is -3.53. The number of nitrogens with one attached hydrogen (secondary N) is 1. The molecule has 0 aliphatic carbocycles. The molecular formula is C8H8N4O2S. The molecule has 0 atom stereocenters. The van der Waals surface area contributed by atoms with Crippen LogP contribution in [-0.2, 0) is 16.8 Å². The number of aliphatic imine (C=N–C) groups is 1. The van der Waals surface area contributed by atoms with E-state index in [4.69, 9.17) is 0 Å². The maximum Gasteiger partial charge on any atom is 0.343 e. The van der Waals surface area contributed by atoms with Crippen molar-refractivity contribution in [2.24, 2.45) is 9.39 Å². The number of amidine groups is 1. The largest absolute Gasteiger partial charge is 0.343 e. The fraction of sp³-hybridized carbons (Fsp3) is 0.125. The molecule has 1 aromatic rings. The third-order valence-electron chi connectivity index (χ3n) is 1.68. The molecule has 0 unspecified atom stereocenters. The number of hydrogen-bond donors (Lipinski definition) is 1. The van der Waals surface area contributed by atoms with Crippen LogP contribution in [0.25, 0.3) is 0 Å². The first-order chi connectivity index (χ1) is 7.16. The van der Waals surface area contributed by atoms with Crippen LogP contribution in [-0.4, -0.2) is 25.5 Å². The smallest absolute Gasteiger partial charge is 0.260 e. The lowest BCUT2D eigenvalue weighted by Crippen LogP contribution is -2.22. The molecule has 2 heterocycles. The Morgan fingerprint density at radius 3 is 2.87 bits per heavy atom. The van der Waals surface area contributed by atoms with Crippen molar-refractivity contribution in [1.82, 2.24) is 9.71 Å². The van der Waals surface area contributed by atoms with Crippen LogP contribution >= 0.6 is 0 Å². The highest BCUT2D eigenvalue weighted by atomic mass is 32.2. The van der Waals surface area contributed by atoms with Gasteiger partial charge in [-0.15, -0.1) is 4.40 Å². The van der Waals surface area contributed by atoms with Crippen LogP contribution in [0.4, 0.5) is 0 Å². The highest BCUT2D eigenvalue weighted by Crippen LogP contribution is 1.98. The van der Waals surface area contributed by atoms with E-state index in [1.807, 2.05) is 12.1 Å². The number of hydrogen-bond acceptors (Lipinski definition) is 4. The van der Waals surface area contributed by atoms with E-state index >= 15 is 0 Å². The summed E-state index contributed by atoms with van der Waals surface area (Å²) in [6, 6.07) is 5.45. The summed E-state index contributed by atoms with van der Waals surface area (Å²) in [4.78, 5) is 8.05. The fourth-order valence-corrected chi connectivity index (χ4v) is 1.71. The molecule has 0 saturated heterocycles. The molecule has 1 aromatic heterocycles. The van der Waals surface area contributed by atoms with Gasteiger partial charge in [-0.1, -0.05) is 6.07 Å². The average Bonchev–Trinajstić information content (AvgIpc) is 2.57. The molecular weight excluding hydrogens is 216 g/mol. The monoisotopic (exact) mass is 224 g/mol. The van der Waals surface area contributed by atoms with Crippen LogP contribution in [0.15, 0.2) is 33.8 Å². The van der Waals surface area contributed by atoms with Gasteiger partial charge >= 0.3 is 10.2 Å². The second kappa shape index (κ2) is 3.77. The zero-order valence-corrected chi connectivity index (χ0v) is 8.48. The molecule has 1 N–H and O–H groups in total. The van der Waals surface area contributed by atoms with E-state index < -0.39 is 10.2 Å². The van der Waals surface area contributed by atoms with Crippen molar-refractivity contribution in [3.05, 3.63) is 30.1 Å². The highest BCUT2D eigenvalue weighted by molar-refractivity contribution is 7.89. The molecule has 0 spiro atoms. The molecule has 7 heteroatoms. The zero-order chi connectivity index (χ0) is 10.7. The van der Waals surface area contributed by atoms with Crippen LogP contribution in [0.3, 0.4) is 0 Å². The van der Waals surface area contributed by atoms with Gasteiger partial charge in [-0.05, 0) is 12.1 Å². The molecule has 1 aliphatic rings. The Kier molecular flexibility index (Phi) is 2.46. The minimum Gasteiger partial charge on any atom is -0.260 e. The topological polar surface area (TPSA) is 83.8 Å². The maximum atomic E-state index is 10.8. The predicted octanol–water partition coefficient (Wildman–Crippen LogP) is -0.101. The lowest BCUT2D eigenvalue weighted by atomic mass is 10.3. The molecule has 0 saturated carbocycles. The first-order valence-corrected chi connectivity index (χ1v) is 5.62. The average molecular weight is 224 g/mol. The quantitative estimate of drug-likeness (QED) is 0.761. The SMILES string of the molecule is O=S1(=O)N=CC(=NCc2ccccn2)N1. The van der Waals surface area contributed by atoms with Crippen LogP contribution in [0, 0.1) is 0 Å². The molecule has 0 bridgehead atoms. The molecule has 0 fully saturated rings. The molecule has 6 nitrogen and oxygen atoms in total. The normalized spacial score (nSPS) is 20.4. The van der Waals surface area contributed by atoms with Crippen LogP contribution in [0.2, 0.25) is 0 Å². The van der Waals surface area contributed by atoms with Crippen molar-refractivity contribution in [3.63, 3.8) is 0 Å². The van der Waals surface area contributed by atoms with Gasteiger partial charge in [0.2, 0.25) is 0 Å². The van der Waals surface area contributed by atoms with Crippen molar-refractivity contribution in [2.75, 3.05) is 0 Å². The van der Waals surface area contributed by atoms with Crippen molar-refractivity contribution in [1.29, 1.82) is 0 Å². The summed E-state index contributed by atoms with van der Waals surface area (Å²) in [6.07, 6.45) is 2.83. The number of rotatable bonds is 2. The summed E-state index contributed by atoms with van der Waals surface area (Å²) >= 11 is 0. The molecule has 2 rings (SSSR count). The van der Waals surface area contributed by atoms with Gasteiger partial charge in [0.05, 0.1) is 18.5 Å². The van der Waals surface area contributed by atoms with Crippen molar-refractivity contribution in [2.45, 2.75) is 6.54 Å². The standard InChI is InChI=1S/C8H8N4O2S/c13-15(14)11-6-8(12-15)10-5-7-3-1-2-4-9-7/h1-4,6H,5H2,(H,10,12). The Hall–Kier alpha value is -1.76. The molecule has 0 amide bonds. The van der Waals surface area contributed by atoms with E-state index in [-0.39, 0.29) is 5.84 Å². The van der Waals surface area contributed by atoms with Crippen molar-refractivity contribution < 1.29 is 8.42 Å². The Labute approximate surface area is 87.0 Å².